The minimum Gasteiger partial charge on any atom is -0.346 e. The lowest BCUT2D eigenvalue weighted by molar-refractivity contribution is 0.0945. The molecule has 3 rings (SSSR count). The highest BCUT2D eigenvalue weighted by molar-refractivity contribution is 6.04. The van der Waals surface area contributed by atoms with Gasteiger partial charge in [-0.25, -0.2) is 4.68 Å². The predicted octanol–water partition coefficient (Wildman–Crippen LogP) is 2.21. The summed E-state index contributed by atoms with van der Waals surface area (Å²) in [4.78, 5) is 40.3. The Bertz CT molecular complexity index is 1140. The monoisotopic (exact) mass is 366 g/mol. The lowest BCUT2D eigenvalue weighted by Crippen LogP contribution is -2.32. The number of nitrogens with one attached hydrogen (secondary N) is 2. The van der Waals surface area contributed by atoms with Crippen LogP contribution in [0.3, 0.4) is 0 Å². The Kier molecular flexibility index (Phi) is 4.94. The van der Waals surface area contributed by atoms with E-state index in [1.165, 1.54) is 4.68 Å². The van der Waals surface area contributed by atoms with Gasteiger partial charge in [-0.15, -0.1) is 0 Å². The van der Waals surface area contributed by atoms with Crippen LogP contribution in [0.15, 0.2) is 39.9 Å². The van der Waals surface area contributed by atoms with Crippen LogP contribution in [-0.2, 0) is 6.54 Å². The fraction of sp³-hybridized carbons (Fsp3) is 0.300. The zero-order valence-electron chi connectivity index (χ0n) is 15.8. The molecule has 0 spiro atoms. The van der Waals surface area contributed by atoms with E-state index in [1.54, 1.807) is 24.3 Å². The number of amides is 1. The molecule has 0 aliphatic rings. The molecule has 0 saturated heterocycles. The van der Waals surface area contributed by atoms with Gasteiger partial charge in [0.1, 0.15) is 0 Å². The van der Waals surface area contributed by atoms with E-state index in [4.69, 9.17) is 0 Å². The molecule has 0 fully saturated rings. The third kappa shape index (κ3) is 3.53. The zero-order chi connectivity index (χ0) is 19.7. The molecule has 0 aliphatic carbocycles. The maximum atomic E-state index is 12.8. The highest BCUT2D eigenvalue weighted by Crippen LogP contribution is 2.15. The van der Waals surface area contributed by atoms with Gasteiger partial charge in [0.15, 0.2) is 5.69 Å². The van der Waals surface area contributed by atoms with Crippen molar-refractivity contribution in [1.29, 1.82) is 0 Å². The zero-order valence-corrected chi connectivity index (χ0v) is 15.8. The Morgan fingerprint density at radius 3 is 2.48 bits per heavy atom. The van der Waals surface area contributed by atoms with E-state index in [-0.39, 0.29) is 29.4 Å². The van der Waals surface area contributed by atoms with Gasteiger partial charge < -0.3 is 10.3 Å². The van der Waals surface area contributed by atoms with Crippen LogP contribution >= 0.6 is 0 Å². The van der Waals surface area contributed by atoms with Gasteiger partial charge in [0.25, 0.3) is 17.0 Å². The van der Waals surface area contributed by atoms with Gasteiger partial charge in [-0.05, 0) is 45.4 Å². The summed E-state index contributed by atoms with van der Waals surface area (Å²) in [6.45, 7) is 7.38. The van der Waals surface area contributed by atoms with Crippen LogP contribution in [0.4, 0.5) is 0 Å². The molecule has 0 bridgehead atoms. The molecule has 27 heavy (non-hydrogen) atoms. The Balaban J connectivity index is 2.00. The number of carbonyl (C=O) groups is 1. The largest absolute Gasteiger partial charge is 0.346 e. The number of aromatic amines is 1. The Morgan fingerprint density at radius 1 is 1.19 bits per heavy atom. The normalized spacial score (nSPS) is 11.1. The second-order valence-electron chi connectivity index (χ2n) is 6.86. The number of nitrogens with zero attached hydrogens (tertiary/aromatic N) is 2. The van der Waals surface area contributed by atoms with E-state index in [0.717, 1.165) is 11.3 Å². The van der Waals surface area contributed by atoms with Crippen molar-refractivity contribution in [2.45, 2.75) is 40.3 Å². The average molecular weight is 366 g/mol. The van der Waals surface area contributed by atoms with Crippen LogP contribution in [0, 0.1) is 13.8 Å². The first-order chi connectivity index (χ1) is 12.8. The molecule has 0 aliphatic heterocycles. The van der Waals surface area contributed by atoms with E-state index in [0.29, 0.717) is 16.3 Å². The van der Waals surface area contributed by atoms with E-state index >= 15 is 0 Å². The van der Waals surface area contributed by atoms with Gasteiger partial charge >= 0.3 is 0 Å². The molecule has 2 N–H and O–H groups in total. The fourth-order valence-corrected chi connectivity index (χ4v) is 3.08. The van der Waals surface area contributed by atoms with Crippen molar-refractivity contribution in [3.8, 4) is 0 Å². The number of hydrogen-bond acceptors (Lipinski definition) is 4. The number of pyridine rings is 1. The molecule has 0 atom stereocenters. The van der Waals surface area contributed by atoms with E-state index in [2.05, 4.69) is 15.4 Å². The number of hydrogen-bond donors (Lipinski definition) is 2. The summed E-state index contributed by atoms with van der Waals surface area (Å²) >= 11 is 0. The van der Waals surface area contributed by atoms with Crippen molar-refractivity contribution < 1.29 is 4.79 Å². The van der Waals surface area contributed by atoms with Crippen molar-refractivity contribution >= 4 is 16.7 Å². The van der Waals surface area contributed by atoms with E-state index in [9.17, 15) is 14.4 Å². The first kappa shape index (κ1) is 18.6. The van der Waals surface area contributed by atoms with Gasteiger partial charge in [0.2, 0.25) is 0 Å². The number of aryl methyl sites for hydroxylation is 2. The summed E-state index contributed by atoms with van der Waals surface area (Å²) in [6, 6.07) is 8.57. The number of rotatable bonds is 4. The van der Waals surface area contributed by atoms with Gasteiger partial charge in [-0.1, -0.05) is 18.2 Å². The van der Waals surface area contributed by atoms with Crippen molar-refractivity contribution in [3.05, 3.63) is 73.6 Å². The average Bonchev–Trinajstić information content (AvgIpc) is 2.60. The lowest BCUT2D eigenvalue weighted by atomic mass is 10.1. The van der Waals surface area contributed by atoms with E-state index in [1.807, 2.05) is 33.8 Å². The first-order valence-corrected chi connectivity index (χ1v) is 8.78. The summed E-state index contributed by atoms with van der Waals surface area (Å²) in [7, 11) is 0. The minimum atomic E-state index is -0.431. The number of H-pyrrole nitrogens is 1. The number of benzene rings is 1. The molecular weight excluding hydrogens is 344 g/mol. The number of fused-ring (bicyclic) bond motifs is 1. The molecule has 0 radical (unpaired) electrons. The maximum Gasteiger partial charge on any atom is 0.274 e. The summed E-state index contributed by atoms with van der Waals surface area (Å²) in [6.07, 6.45) is 0. The van der Waals surface area contributed by atoms with Crippen molar-refractivity contribution in [2.24, 2.45) is 0 Å². The highest BCUT2D eigenvalue weighted by Gasteiger charge is 2.18. The molecule has 7 heteroatoms. The van der Waals surface area contributed by atoms with Crippen LogP contribution in [0.25, 0.3) is 10.8 Å². The second kappa shape index (κ2) is 7.19. The maximum absolute atomic E-state index is 12.8. The van der Waals surface area contributed by atoms with Crippen LogP contribution in [-0.4, -0.2) is 20.7 Å². The quantitative estimate of drug-likeness (QED) is 0.740. The van der Waals surface area contributed by atoms with Gasteiger partial charge in [0, 0.05) is 23.2 Å². The highest BCUT2D eigenvalue weighted by atomic mass is 16.2. The molecule has 2 aromatic heterocycles. The molecule has 3 aromatic rings. The molecule has 1 aromatic carbocycles. The topological polar surface area (TPSA) is 96.8 Å². The van der Waals surface area contributed by atoms with Crippen LogP contribution < -0.4 is 16.4 Å². The minimum absolute atomic E-state index is 0.0804. The number of carbonyl (C=O) groups excluding carboxylic acids is 1. The van der Waals surface area contributed by atoms with Gasteiger partial charge in [0.05, 0.1) is 11.4 Å². The van der Waals surface area contributed by atoms with Crippen LogP contribution in [0.5, 0.6) is 0 Å². The smallest absolute Gasteiger partial charge is 0.274 e. The van der Waals surface area contributed by atoms with Gasteiger partial charge in [-0.2, -0.15) is 5.10 Å². The Hall–Kier alpha value is -3.22. The Morgan fingerprint density at radius 2 is 1.85 bits per heavy atom. The molecular formula is C20H22N4O3. The molecule has 2 heterocycles. The summed E-state index contributed by atoms with van der Waals surface area (Å²) in [5.74, 6) is -0.431. The standard InChI is InChI=1S/C20H22N4O3/c1-11(2)24-20(27)15-8-6-5-7-14(15)17(23-24)19(26)21-10-16-12(3)9-13(4)22-18(16)25/h5-9,11H,10H2,1-4H3,(H,21,26)(H,22,25). The summed E-state index contributed by atoms with van der Waals surface area (Å²) in [5.41, 5.74) is 1.78. The molecule has 0 unspecified atom stereocenters. The first-order valence-electron chi connectivity index (χ1n) is 8.78. The van der Waals surface area contributed by atoms with Crippen molar-refractivity contribution in [2.75, 3.05) is 0 Å². The summed E-state index contributed by atoms with van der Waals surface area (Å²) < 4.78 is 1.31. The SMILES string of the molecule is Cc1cc(C)c(CNC(=O)c2nn(C(C)C)c(=O)c3ccccc23)c(=O)[nH]1. The second-order valence-corrected chi connectivity index (χ2v) is 6.86. The van der Waals surface area contributed by atoms with Crippen LogP contribution in [0.2, 0.25) is 0 Å². The van der Waals surface area contributed by atoms with Crippen molar-refractivity contribution in [1.82, 2.24) is 20.1 Å². The third-order valence-corrected chi connectivity index (χ3v) is 4.45. The summed E-state index contributed by atoms with van der Waals surface area (Å²) in [5, 5.41) is 7.97. The molecule has 7 nitrogen and oxygen atoms in total. The number of aromatic nitrogens is 3. The van der Waals surface area contributed by atoms with Crippen molar-refractivity contribution in [3.63, 3.8) is 0 Å². The van der Waals surface area contributed by atoms with E-state index < -0.39 is 5.91 Å². The predicted molar refractivity (Wildman–Crippen MR) is 104 cm³/mol. The fourth-order valence-electron chi connectivity index (χ4n) is 3.08. The molecule has 0 saturated carbocycles. The molecule has 140 valence electrons. The van der Waals surface area contributed by atoms with Gasteiger partial charge in [-0.3, -0.25) is 14.4 Å². The lowest BCUT2D eigenvalue weighted by Gasteiger charge is -2.14. The molecule has 1 amide bonds. The van der Waals surface area contributed by atoms with Crippen LogP contribution in [0.1, 0.15) is 47.2 Å². The Labute approximate surface area is 156 Å². The third-order valence-electron chi connectivity index (χ3n) is 4.45.